The van der Waals surface area contributed by atoms with Gasteiger partial charge in [0.05, 0.1) is 7.11 Å². The van der Waals surface area contributed by atoms with Gasteiger partial charge in [-0.3, -0.25) is 0 Å². The van der Waals surface area contributed by atoms with Gasteiger partial charge in [0.2, 0.25) is 0 Å². The van der Waals surface area contributed by atoms with E-state index in [4.69, 9.17) is 26.4 Å². The summed E-state index contributed by atoms with van der Waals surface area (Å²) < 4.78 is 16.3. The summed E-state index contributed by atoms with van der Waals surface area (Å²) in [4.78, 5) is 1.24. The molecule has 0 saturated carbocycles. The molecule has 1 heterocycles. The molecular weight excluding hydrogens is 368 g/mol. The summed E-state index contributed by atoms with van der Waals surface area (Å²) in [5.41, 5.74) is 0.888. The summed E-state index contributed by atoms with van der Waals surface area (Å²) in [7, 11) is 1.68. The minimum atomic E-state index is 0.574. The lowest BCUT2D eigenvalue weighted by molar-refractivity contribution is 0.171. The monoisotopic (exact) mass is 390 g/mol. The van der Waals surface area contributed by atoms with Crippen molar-refractivity contribution in [2.24, 2.45) is 0 Å². The molecule has 26 heavy (non-hydrogen) atoms. The van der Waals surface area contributed by atoms with Gasteiger partial charge in [0.25, 0.3) is 0 Å². The van der Waals surface area contributed by atoms with E-state index in [0.717, 1.165) is 41.7 Å². The molecule has 7 heteroatoms. The van der Waals surface area contributed by atoms with Crippen LogP contribution in [0.2, 0.25) is 0 Å². The predicted octanol–water partition coefficient (Wildman–Crippen LogP) is 3.94. The molecule has 0 atom stereocenters. The van der Waals surface area contributed by atoms with Crippen LogP contribution < -0.4 is 24.8 Å². The zero-order valence-corrected chi connectivity index (χ0v) is 16.3. The molecular formula is C19H22N2O3S2. The highest BCUT2D eigenvalue weighted by molar-refractivity contribution is 7.99. The van der Waals surface area contributed by atoms with Crippen molar-refractivity contribution in [3.05, 3.63) is 42.5 Å². The number of hydrogen-bond donors (Lipinski definition) is 2. The van der Waals surface area contributed by atoms with Crippen LogP contribution in [0.1, 0.15) is 6.42 Å². The van der Waals surface area contributed by atoms with Gasteiger partial charge < -0.3 is 24.8 Å². The first kappa shape index (κ1) is 18.7. The van der Waals surface area contributed by atoms with Gasteiger partial charge in [0.15, 0.2) is 16.6 Å². The number of nitrogens with one attached hydrogen (secondary N) is 2. The van der Waals surface area contributed by atoms with Crippen LogP contribution in [-0.4, -0.2) is 37.7 Å². The molecule has 0 saturated heterocycles. The molecule has 0 bridgehead atoms. The Morgan fingerprint density at radius 2 is 1.88 bits per heavy atom. The van der Waals surface area contributed by atoms with E-state index >= 15 is 0 Å². The van der Waals surface area contributed by atoms with Gasteiger partial charge in [-0.15, -0.1) is 11.8 Å². The van der Waals surface area contributed by atoms with Crippen molar-refractivity contribution < 1.29 is 14.2 Å². The number of rotatable bonds is 7. The second kappa shape index (κ2) is 9.54. The Balaban J connectivity index is 1.35. The van der Waals surface area contributed by atoms with Crippen LogP contribution in [0.4, 0.5) is 5.69 Å². The highest BCUT2D eigenvalue weighted by Crippen LogP contribution is 2.32. The fourth-order valence-electron chi connectivity index (χ4n) is 2.43. The fraction of sp³-hybridized carbons (Fsp3) is 0.316. The molecule has 3 rings (SSSR count). The van der Waals surface area contributed by atoms with Crippen molar-refractivity contribution in [3.63, 3.8) is 0 Å². The quantitative estimate of drug-likeness (QED) is 0.422. The van der Waals surface area contributed by atoms with E-state index in [0.29, 0.717) is 18.3 Å². The topological polar surface area (TPSA) is 51.8 Å². The highest BCUT2D eigenvalue weighted by atomic mass is 32.2. The summed E-state index contributed by atoms with van der Waals surface area (Å²) >= 11 is 7.17. The SMILES string of the molecule is COc1ccc(SCCCNC(=S)Nc2ccc3c(c2)OCCO3)cc1. The maximum absolute atomic E-state index is 5.58. The minimum absolute atomic E-state index is 0.574. The molecule has 0 radical (unpaired) electrons. The van der Waals surface area contributed by atoms with E-state index in [1.807, 2.05) is 42.1 Å². The van der Waals surface area contributed by atoms with Gasteiger partial charge in [0.1, 0.15) is 19.0 Å². The van der Waals surface area contributed by atoms with Crippen LogP contribution >= 0.6 is 24.0 Å². The highest BCUT2D eigenvalue weighted by Gasteiger charge is 2.11. The first-order valence-corrected chi connectivity index (χ1v) is 9.85. The molecule has 5 nitrogen and oxygen atoms in total. The lowest BCUT2D eigenvalue weighted by Gasteiger charge is -2.19. The second-order valence-electron chi connectivity index (χ2n) is 5.62. The number of benzene rings is 2. The summed E-state index contributed by atoms with van der Waals surface area (Å²) in [6.07, 6.45) is 1.01. The predicted molar refractivity (Wildman–Crippen MR) is 110 cm³/mol. The molecule has 2 aromatic carbocycles. The van der Waals surface area contributed by atoms with Crippen LogP contribution in [0.5, 0.6) is 17.2 Å². The van der Waals surface area contributed by atoms with Crippen molar-refractivity contribution >= 4 is 34.8 Å². The lowest BCUT2D eigenvalue weighted by Crippen LogP contribution is -2.29. The lowest BCUT2D eigenvalue weighted by atomic mass is 10.2. The Hall–Kier alpha value is -2.12. The molecule has 0 spiro atoms. The summed E-state index contributed by atoms with van der Waals surface area (Å²) in [5.74, 6) is 3.43. The first-order chi connectivity index (χ1) is 12.7. The van der Waals surface area contributed by atoms with Gasteiger partial charge >= 0.3 is 0 Å². The van der Waals surface area contributed by atoms with Crippen molar-refractivity contribution in [2.45, 2.75) is 11.3 Å². The van der Waals surface area contributed by atoms with Crippen LogP contribution in [0.15, 0.2) is 47.4 Å². The van der Waals surface area contributed by atoms with E-state index in [-0.39, 0.29) is 0 Å². The maximum Gasteiger partial charge on any atom is 0.170 e. The standard InChI is InChI=1S/C19H22N2O3S2/c1-22-15-4-6-16(7-5-15)26-12-2-9-20-19(25)21-14-3-8-17-18(13-14)24-11-10-23-17/h3-8,13H,2,9-12H2,1H3,(H2,20,21,25). The number of methoxy groups -OCH3 is 1. The van der Waals surface area contributed by atoms with Crippen molar-refractivity contribution in [1.82, 2.24) is 5.32 Å². The van der Waals surface area contributed by atoms with Gasteiger partial charge in [-0.1, -0.05) is 0 Å². The third-order valence-corrected chi connectivity index (χ3v) is 5.08. The number of thioether (sulfide) groups is 1. The number of thiocarbonyl (C=S) groups is 1. The van der Waals surface area contributed by atoms with Crippen LogP contribution in [0.3, 0.4) is 0 Å². The summed E-state index contributed by atoms with van der Waals surface area (Å²) in [6.45, 7) is 1.98. The third-order valence-electron chi connectivity index (χ3n) is 3.73. The van der Waals surface area contributed by atoms with Gasteiger partial charge in [-0.25, -0.2) is 0 Å². The molecule has 138 valence electrons. The van der Waals surface area contributed by atoms with E-state index in [9.17, 15) is 0 Å². The molecule has 2 aromatic rings. The molecule has 0 fully saturated rings. The Morgan fingerprint density at radius 3 is 2.65 bits per heavy atom. The number of ether oxygens (including phenoxy) is 3. The van der Waals surface area contributed by atoms with E-state index in [1.54, 1.807) is 7.11 Å². The number of hydrogen-bond acceptors (Lipinski definition) is 5. The molecule has 0 aromatic heterocycles. The minimum Gasteiger partial charge on any atom is -0.497 e. The van der Waals surface area contributed by atoms with E-state index in [1.165, 1.54) is 4.90 Å². The molecule has 1 aliphatic rings. The largest absolute Gasteiger partial charge is 0.497 e. The Kier molecular flexibility index (Phi) is 6.85. The third kappa shape index (κ3) is 5.44. The fourth-order valence-corrected chi connectivity index (χ4v) is 3.51. The Labute approximate surface area is 163 Å². The van der Waals surface area contributed by atoms with E-state index in [2.05, 4.69) is 22.8 Å². The van der Waals surface area contributed by atoms with Crippen LogP contribution in [0.25, 0.3) is 0 Å². The second-order valence-corrected chi connectivity index (χ2v) is 7.19. The zero-order valence-electron chi connectivity index (χ0n) is 14.6. The molecule has 0 unspecified atom stereocenters. The Morgan fingerprint density at radius 1 is 1.12 bits per heavy atom. The summed E-state index contributed by atoms with van der Waals surface area (Å²) in [5, 5.41) is 7.02. The average Bonchev–Trinajstić information content (AvgIpc) is 2.68. The number of fused-ring (bicyclic) bond motifs is 1. The number of anilines is 1. The van der Waals surface area contributed by atoms with Crippen LogP contribution in [-0.2, 0) is 0 Å². The van der Waals surface area contributed by atoms with E-state index < -0.39 is 0 Å². The molecule has 0 amide bonds. The van der Waals surface area contributed by atoms with Gasteiger partial charge in [-0.2, -0.15) is 0 Å². The Bertz CT molecular complexity index is 738. The van der Waals surface area contributed by atoms with Crippen molar-refractivity contribution in [2.75, 3.05) is 37.9 Å². The summed E-state index contributed by atoms with van der Waals surface area (Å²) in [6, 6.07) is 13.8. The van der Waals surface area contributed by atoms with Crippen LogP contribution in [0, 0.1) is 0 Å². The van der Waals surface area contributed by atoms with Crippen molar-refractivity contribution in [3.8, 4) is 17.2 Å². The zero-order chi connectivity index (χ0) is 18.2. The van der Waals surface area contributed by atoms with Gasteiger partial charge in [0, 0.05) is 23.2 Å². The molecule has 0 aliphatic carbocycles. The molecule has 2 N–H and O–H groups in total. The van der Waals surface area contributed by atoms with Crippen molar-refractivity contribution in [1.29, 1.82) is 0 Å². The normalized spacial score (nSPS) is 12.3. The smallest absolute Gasteiger partial charge is 0.170 e. The maximum atomic E-state index is 5.58. The van der Waals surface area contributed by atoms with Gasteiger partial charge in [-0.05, 0) is 60.8 Å². The molecule has 1 aliphatic heterocycles. The average molecular weight is 391 g/mol. The first-order valence-electron chi connectivity index (χ1n) is 8.46.